The van der Waals surface area contributed by atoms with Gasteiger partial charge in [-0.15, -0.1) is 0 Å². The monoisotopic (exact) mass is 250 g/mol. The molecule has 2 N–H and O–H groups in total. The van der Waals surface area contributed by atoms with E-state index in [4.69, 9.17) is 0 Å². The summed E-state index contributed by atoms with van der Waals surface area (Å²) in [6.07, 6.45) is 4.72. The Morgan fingerprint density at radius 1 is 1.67 bits per heavy atom. The second-order valence-corrected chi connectivity index (χ2v) is 4.98. The van der Waals surface area contributed by atoms with Crippen molar-refractivity contribution in [2.24, 2.45) is 0 Å². The summed E-state index contributed by atoms with van der Waals surface area (Å²) in [5.41, 5.74) is 1.06. The minimum absolute atomic E-state index is 0.169. The molecule has 5 nitrogen and oxygen atoms in total. The maximum Gasteiger partial charge on any atom is 0.220 e. The van der Waals surface area contributed by atoms with Crippen molar-refractivity contribution in [3.63, 3.8) is 0 Å². The average Bonchev–Trinajstić information content (AvgIpc) is 2.98. The first-order chi connectivity index (χ1) is 8.69. The minimum Gasteiger partial charge on any atom is -0.352 e. The van der Waals surface area contributed by atoms with Crippen LogP contribution in [0.25, 0.3) is 0 Å². The Labute approximate surface area is 108 Å². The molecule has 2 unspecified atom stereocenters. The summed E-state index contributed by atoms with van der Waals surface area (Å²) >= 11 is 0. The van der Waals surface area contributed by atoms with Gasteiger partial charge < -0.3 is 10.6 Å². The molecule has 100 valence electrons. The van der Waals surface area contributed by atoms with Gasteiger partial charge in [0.25, 0.3) is 0 Å². The summed E-state index contributed by atoms with van der Waals surface area (Å²) in [7, 11) is 0. The standard InChI is InChI=1S/C13H22N4O/c1-3-10(2)17-7-6-12(16-17)9-14-8-11-4-5-13(18)15-11/h6-7,10-11,14H,3-5,8-9H2,1-2H3,(H,15,18). The first-order valence-electron chi connectivity index (χ1n) is 6.73. The van der Waals surface area contributed by atoms with Gasteiger partial charge in [0.1, 0.15) is 0 Å². The SMILES string of the molecule is CCC(C)n1ccc(CNCC2CCC(=O)N2)n1. The van der Waals surface area contributed by atoms with Crippen molar-refractivity contribution in [1.29, 1.82) is 0 Å². The fraction of sp³-hybridized carbons (Fsp3) is 0.692. The van der Waals surface area contributed by atoms with Crippen LogP contribution >= 0.6 is 0 Å². The maximum absolute atomic E-state index is 11.0. The zero-order chi connectivity index (χ0) is 13.0. The number of hydrogen-bond acceptors (Lipinski definition) is 3. The van der Waals surface area contributed by atoms with Crippen LogP contribution in [0.15, 0.2) is 12.3 Å². The summed E-state index contributed by atoms with van der Waals surface area (Å²) < 4.78 is 2.01. The Balaban J connectivity index is 1.73. The zero-order valence-corrected chi connectivity index (χ0v) is 11.1. The number of carbonyl (C=O) groups excluding carboxylic acids is 1. The lowest BCUT2D eigenvalue weighted by atomic mass is 10.2. The van der Waals surface area contributed by atoms with Crippen molar-refractivity contribution in [2.75, 3.05) is 6.54 Å². The van der Waals surface area contributed by atoms with E-state index < -0.39 is 0 Å². The number of amides is 1. The molecule has 2 atom stereocenters. The smallest absolute Gasteiger partial charge is 0.220 e. The van der Waals surface area contributed by atoms with Crippen LogP contribution in [0.4, 0.5) is 0 Å². The van der Waals surface area contributed by atoms with Gasteiger partial charge in [-0.2, -0.15) is 5.10 Å². The number of nitrogens with zero attached hydrogens (tertiary/aromatic N) is 2. The second kappa shape index (κ2) is 6.00. The van der Waals surface area contributed by atoms with E-state index >= 15 is 0 Å². The van der Waals surface area contributed by atoms with Crippen molar-refractivity contribution in [3.8, 4) is 0 Å². The molecular weight excluding hydrogens is 228 g/mol. The Morgan fingerprint density at radius 3 is 3.17 bits per heavy atom. The van der Waals surface area contributed by atoms with E-state index in [2.05, 4.69) is 29.6 Å². The predicted octanol–water partition coefficient (Wildman–Crippen LogP) is 1.22. The molecule has 0 bridgehead atoms. The molecule has 2 heterocycles. The Bertz CT molecular complexity index is 401. The van der Waals surface area contributed by atoms with Gasteiger partial charge in [0.05, 0.1) is 5.69 Å². The Hall–Kier alpha value is -1.36. The number of aromatic nitrogens is 2. The normalized spacial score (nSPS) is 21.0. The van der Waals surface area contributed by atoms with Gasteiger partial charge in [0, 0.05) is 37.8 Å². The van der Waals surface area contributed by atoms with Crippen molar-refractivity contribution < 1.29 is 4.79 Å². The molecule has 2 rings (SSSR count). The van der Waals surface area contributed by atoms with E-state index in [0.717, 1.165) is 31.6 Å². The molecule has 0 saturated carbocycles. The van der Waals surface area contributed by atoms with E-state index in [1.807, 2.05) is 16.9 Å². The van der Waals surface area contributed by atoms with Crippen LogP contribution < -0.4 is 10.6 Å². The fourth-order valence-electron chi connectivity index (χ4n) is 2.11. The lowest BCUT2D eigenvalue weighted by Crippen LogP contribution is -2.35. The second-order valence-electron chi connectivity index (χ2n) is 4.98. The number of carbonyl (C=O) groups is 1. The molecule has 1 aromatic rings. The van der Waals surface area contributed by atoms with Gasteiger partial charge in [-0.1, -0.05) is 6.92 Å². The van der Waals surface area contributed by atoms with Gasteiger partial charge in [-0.25, -0.2) is 0 Å². The lowest BCUT2D eigenvalue weighted by Gasteiger charge is -2.10. The van der Waals surface area contributed by atoms with Crippen LogP contribution in [0.1, 0.15) is 44.8 Å². The highest BCUT2D eigenvalue weighted by atomic mass is 16.1. The third-order valence-electron chi connectivity index (χ3n) is 3.49. The molecule has 5 heteroatoms. The fourth-order valence-corrected chi connectivity index (χ4v) is 2.11. The largest absolute Gasteiger partial charge is 0.352 e. The maximum atomic E-state index is 11.0. The zero-order valence-electron chi connectivity index (χ0n) is 11.1. The number of rotatable bonds is 6. The van der Waals surface area contributed by atoms with Gasteiger partial charge in [-0.05, 0) is 25.8 Å². The predicted molar refractivity (Wildman–Crippen MR) is 70.1 cm³/mol. The van der Waals surface area contributed by atoms with Crippen LogP contribution in [-0.2, 0) is 11.3 Å². The summed E-state index contributed by atoms with van der Waals surface area (Å²) in [5.74, 6) is 0.169. The molecule has 0 aromatic carbocycles. The number of nitrogens with one attached hydrogen (secondary N) is 2. The summed E-state index contributed by atoms with van der Waals surface area (Å²) in [5, 5.41) is 10.8. The van der Waals surface area contributed by atoms with E-state index in [-0.39, 0.29) is 11.9 Å². The van der Waals surface area contributed by atoms with E-state index in [0.29, 0.717) is 12.5 Å². The first-order valence-corrected chi connectivity index (χ1v) is 6.73. The van der Waals surface area contributed by atoms with Crippen molar-refractivity contribution in [2.45, 2.75) is 51.7 Å². The van der Waals surface area contributed by atoms with Gasteiger partial charge in [0.2, 0.25) is 5.91 Å². The molecule has 0 aliphatic carbocycles. The van der Waals surface area contributed by atoms with Crippen LogP contribution in [-0.4, -0.2) is 28.3 Å². The topological polar surface area (TPSA) is 59.0 Å². The molecule has 0 radical (unpaired) electrons. The third-order valence-corrected chi connectivity index (χ3v) is 3.49. The van der Waals surface area contributed by atoms with Crippen molar-refractivity contribution in [1.82, 2.24) is 20.4 Å². The number of hydrogen-bond donors (Lipinski definition) is 2. The molecule has 1 saturated heterocycles. The quantitative estimate of drug-likeness (QED) is 0.798. The molecular formula is C13H22N4O. The highest BCUT2D eigenvalue weighted by Gasteiger charge is 2.19. The van der Waals surface area contributed by atoms with Crippen LogP contribution in [0.2, 0.25) is 0 Å². The molecule has 1 aliphatic heterocycles. The van der Waals surface area contributed by atoms with Crippen LogP contribution in [0, 0.1) is 0 Å². The van der Waals surface area contributed by atoms with Gasteiger partial charge in [0.15, 0.2) is 0 Å². The molecule has 1 amide bonds. The lowest BCUT2D eigenvalue weighted by molar-refractivity contribution is -0.119. The van der Waals surface area contributed by atoms with Crippen molar-refractivity contribution in [3.05, 3.63) is 18.0 Å². The molecule has 1 fully saturated rings. The summed E-state index contributed by atoms with van der Waals surface area (Å²) in [6, 6.07) is 2.79. The van der Waals surface area contributed by atoms with E-state index in [1.54, 1.807) is 0 Å². The third kappa shape index (κ3) is 3.32. The van der Waals surface area contributed by atoms with Crippen molar-refractivity contribution >= 4 is 5.91 Å². The summed E-state index contributed by atoms with van der Waals surface area (Å²) in [4.78, 5) is 11.0. The first kappa shape index (κ1) is 13.1. The Morgan fingerprint density at radius 2 is 2.50 bits per heavy atom. The molecule has 1 aliphatic rings. The molecule has 1 aromatic heterocycles. The Kier molecular flexibility index (Phi) is 4.36. The highest BCUT2D eigenvalue weighted by Crippen LogP contribution is 2.09. The van der Waals surface area contributed by atoms with Gasteiger partial charge in [-0.3, -0.25) is 9.48 Å². The average molecular weight is 250 g/mol. The molecule has 18 heavy (non-hydrogen) atoms. The highest BCUT2D eigenvalue weighted by molar-refractivity contribution is 5.78. The summed E-state index contributed by atoms with van der Waals surface area (Å²) in [6.45, 7) is 5.91. The molecule has 0 spiro atoms. The minimum atomic E-state index is 0.169. The van der Waals surface area contributed by atoms with E-state index in [9.17, 15) is 4.79 Å². The van der Waals surface area contributed by atoms with Gasteiger partial charge >= 0.3 is 0 Å². The van der Waals surface area contributed by atoms with E-state index in [1.165, 1.54) is 0 Å². The van der Waals surface area contributed by atoms with Crippen LogP contribution in [0.3, 0.4) is 0 Å². The van der Waals surface area contributed by atoms with Crippen LogP contribution in [0.5, 0.6) is 0 Å².